The number of aromatic nitrogens is 2. The van der Waals surface area contributed by atoms with Crippen LogP contribution in [0.15, 0.2) is 12.3 Å². The highest BCUT2D eigenvalue weighted by atomic mass is 19.4. The second-order valence-corrected chi connectivity index (χ2v) is 4.34. The minimum atomic E-state index is -4.53. The van der Waals surface area contributed by atoms with Gasteiger partial charge in [0.1, 0.15) is 11.7 Å². The van der Waals surface area contributed by atoms with Gasteiger partial charge in [0.25, 0.3) is 0 Å². The Hall–Kier alpha value is -1.86. The summed E-state index contributed by atoms with van der Waals surface area (Å²) in [6.07, 6.45) is -2.27. The zero-order chi connectivity index (χ0) is 14.8. The number of anilines is 1. The van der Waals surface area contributed by atoms with Crippen LogP contribution in [0.4, 0.5) is 19.1 Å². The maximum absolute atomic E-state index is 12.6. The molecule has 0 radical (unpaired) electrons. The number of nitrogens with zero attached hydrogens (tertiary/aromatic N) is 3. The Bertz CT molecular complexity index is 493. The molecule has 1 fully saturated rings. The second kappa shape index (κ2) is 5.64. The van der Waals surface area contributed by atoms with Crippen molar-refractivity contribution in [3.8, 4) is 0 Å². The first kappa shape index (κ1) is 14.5. The van der Waals surface area contributed by atoms with Crippen molar-refractivity contribution in [3.05, 3.63) is 18.0 Å². The number of hydrogen-bond acceptors (Lipinski definition) is 5. The molecule has 0 amide bonds. The SMILES string of the molecule is CCOC(=O)C1CCCN1c1nccc(C(F)(F)F)n1. The highest BCUT2D eigenvalue weighted by molar-refractivity contribution is 5.80. The van der Waals surface area contributed by atoms with Crippen LogP contribution in [-0.2, 0) is 15.7 Å². The van der Waals surface area contributed by atoms with Crippen LogP contribution in [0.2, 0.25) is 0 Å². The highest BCUT2D eigenvalue weighted by Gasteiger charge is 2.36. The Kier molecular flexibility index (Phi) is 4.10. The lowest BCUT2D eigenvalue weighted by atomic mass is 10.2. The lowest BCUT2D eigenvalue weighted by molar-refractivity contribution is -0.144. The molecule has 0 saturated carbocycles. The fraction of sp³-hybridized carbons (Fsp3) is 0.583. The lowest BCUT2D eigenvalue weighted by Crippen LogP contribution is -2.38. The highest BCUT2D eigenvalue weighted by Crippen LogP contribution is 2.30. The van der Waals surface area contributed by atoms with Crippen LogP contribution in [-0.4, -0.2) is 35.1 Å². The van der Waals surface area contributed by atoms with E-state index in [1.54, 1.807) is 6.92 Å². The molecule has 2 heterocycles. The molecule has 2 rings (SSSR count). The number of carbonyl (C=O) groups excluding carboxylic acids is 1. The maximum atomic E-state index is 12.6. The summed E-state index contributed by atoms with van der Waals surface area (Å²) < 4.78 is 42.8. The summed E-state index contributed by atoms with van der Waals surface area (Å²) in [4.78, 5) is 20.6. The maximum Gasteiger partial charge on any atom is 0.433 e. The molecule has 1 saturated heterocycles. The Morgan fingerprint density at radius 1 is 1.55 bits per heavy atom. The molecule has 0 N–H and O–H groups in total. The smallest absolute Gasteiger partial charge is 0.433 e. The van der Waals surface area contributed by atoms with Crippen LogP contribution in [0.5, 0.6) is 0 Å². The topological polar surface area (TPSA) is 55.3 Å². The van der Waals surface area contributed by atoms with Gasteiger partial charge in [0.05, 0.1) is 6.61 Å². The number of rotatable bonds is 3. The predicted molar refractivity (Wildman–Crippen MR) is 64.0 cm³/mol. The molecule has 0 aliphatic carbocycles. The molecule has 1 aliphatic heterocycles. The quantitative estimate of drug-likeness (QED) is 0.797. The van der Waals surface area contributed by atoms with Gasteiger partial charge in [-0.15, -0.1) is 0 Å². The van der Waals surface area contributed by atoms with Crippen LogP contribution < -0.4 is 4.90 Å². The summed E-state index contributed by atoms with van der Waals surface area (Å²) >= 11 is 0. The molecule has 0 aromatic carbocycles. The molecule has 8 heteroatoms. The average Bonchev–Trinajstić information content (AvgIpc) is 2.87. The number of esters is 1. The zero-order valence-electron chi connectivity index (χ0n) is 10.9. The summed E-state index contributed by atoms with van der Waals surface area (Å²) in [6, 6.07) is 0.192. The van der Waals surface area contributed by atoms with Crippen LogP contribution in [0, 0.1) is 0 Å². The van der Waals surface area contributed by atoms with Crippen molar-refractivity contribution in [2.45, 2.75) is 32.0 Å². The zero-order valence-corrected chi connectivity index (χ0v) is 10.9. The van der Waals surface area contributed by atoms with Gasteiger partial charge in [-0.3, -0.25) is 0 Å². The monoisotopic (exact) mass is 289 g/mol. The fourth-order valence-electron chi connectivity index (χ4n) is 2.13. The molecule has 20 heavy (non-hydrogen) atoms. The van der Waals surface area contributed by atoms with E-state index in [1.165, 1.54) is 4.90 Å². The molecule has 1 unspecified atom stereocenters. The molecular formula is C12H14F3N3O2. The summed E-state index contributed by atoms with van der Waals surface area (Å²) in [5.41, 5.74) is -1.02. The van der Waals surface area contributed by atoms with Gasteiger partial charge in [-0.05, 0) is 25.8 Å². The first-order chi connectivity index (χ1) is 9.43. The number of carbonyl (C=O) groups is 1. The van der Waals surface area contributed by atoms with Crippen molar-refractivity contribution in [1.29, 1.82) is 0 Å². The van der Waals surface area contributed by atoms with E-state index in [-0.39, 0.29) is 12.6 Å². The fourth-order valence-corrected chi connectivity index (χ4v) is 2.13. The second-order valence-electron chi connectivity index (χ2n) is 4.34. The van der Waals surface area contributed by atoms with E-state index in [0.29, 0.717) is 19.4 Å². The molecule has 5 nitrogen and oxygen atoms in total. The Morgan fingerprint density at radius 3 is 2.95 bits per heavy atom. The minimum Gasteiger partial charge on any atom is -0.464 e. The molecule has 1 aromatic heterocycles. The van der Waals surface area contributed by atoms with E-state index in [2.05, 4.69) is 9.97 Å². The third-order valence-corrected chi connectivity index (χ3v) is 3.00. The van der Waals surface area contributed by atoms with Crippen molar-refractivity contribution in [1.82, 2.24) is 9.97 Å². The van der Waals surface area contributed by atoms with Gasteiger partial charge in [-0.2, -0.15) is 13.2 Å². The van der Waals surface area contributed by atoms with Crippen molar-refractivity contribution in [2.24, 2.45) is 0 Å². The van der Waals surface area contributed by atoms with E-state index in [1.807, 2.05) is 0 Å². The van der Waals surface area contributed by atoms with Crippen LogP contribution >= 0.6 is 0 Å². The third-order valence-electron chi connectivity index (χ3n) is 3.00. The molecular weight excluding hydrogens is 275 g/mol. The Morgan fingerprint density at radius 2 is 2.30 bits per heavy atom. The summed E-state index contributed by atoms with van der Waals surface area (Å²) in [6.45, 7) is 2.34. The van der Waals surface area contributed by atoms with Gasteiger partial charge in [0.2, 0.25) is 5.95 Å². The normalized spacial score (nSPS) is 19.2. The standard InChI is InChI=1S/C12H14F3N3O2/c1-2-20-10(19)8-4-3-7-18(8)11-16-6-5-9(17-11)12(13,14)15/h5-6,8H,2-4,7H2,1H3. The Labute approximate surface area is 113 Å². The van der Waals surface area contributed by atoms with Gasteiger partial charge >= 0.3 is 12.1 Å². The molecule has 0 spiro atoms. The first-order valence-electron chi connectivity index (χ1n) is 6.27. The van der Waals surface area contributed by atoms with E-state index < -0.39 is 23.9 Å². The lowest BCUT2D eigenvalue weighted by Gasteiger charge is -2.23. The Balaban J connectivity index is 2.24. The number of ether oxygens (including phenoxy) is 1. The van der Waals surface area contributed by atoms with Gasteiger partial charge in [-0.25, -0.2) is 14.8 Å². The summed E-state index contributed by atoms with van der Waals surface area (Å²) in [5.74, 6) is -0.540. The molecule has 1 aliphatic rings. The van der Waals surface area contributed by atoms with Crippen molar-refractivity contribution in [2.75, 3.05) is 18.1 Å². The number of halogens is 3. The number of hydrogen-bond donors (Lipinski definition) is 0. The van der Waals surface area contributed by atoms with E-state index in [9.17, 15) is 18.0 Å². The van der Waals surface area contributed by atoms with Crippen LogP contribution in [0.1, 0.15) is 25.5 Å². The molecule has 1 aromatic rings. The van der Waals surface area contributed by atoms with E-state index in [4.69, 9.17) is 4.74 Å². The molecule has 1 atom stereocenters. The van der Waals surface area contributed by atoms with Crippen molar-refractivity contribution >= 4 is 11.9 Å². The third kappa shape index (κ3) is 3.00. The minimum absolute atomic E-state index is 0.0876. The van der Waals surface area contributed by atoms with Gasteiger partial charge in [0, 0.05) is 12.7 Å². The average molecular weight is 289 g/mol. The van der Waals surface area contributed by atoms with Gasteiger partial charge < -0.3 is 9.64 Å². The van der Waals surface area contributed by atoms with Gasteiger partial charge in [0.15, 0.2) is 0 Å². The van der Waals surface area contributed by atoms with Gasteiger partial charge in [-0.1, -0.05) is 0 Å². The van der Waals surface area contributed by atoms with E-state index in [0.717, 1.165) is 12.3 Å². The molecule has 0 bridgehead atoms. The first-order valence-corrected chi connectivity index (χ1v) is 6.27. The predicted octanol–water partition coefficient (Wildman–Crippen LogP) is 2.03. The summed E-state index contributed by atoms with van der Waals surface area (Å²) in [5, 5.41) is 0. The summed E-state index contributed by atoms with van der Waals surface area (Å²) in [7, 11) is 0. The van der Waals surface area contributed by atoms with Crippen LogP contribution in [0.3, 0.4) is 0 Å². The van der Waals surface area contributed by atoms with Crippen molar-refractivity contribution < 1.29 is 22.7 Å². The molecule has 110 valence electrons. The number of alkyl halides is 3. The van der Waals surface area contributed by atoms with Crippen molar-refractivity contribution in [3.63, 3.8) is 0 Å². The van der Waals surface area contributed by atoms with E-state index >= 15 is 0 Å². The van der Waals surface area contributed by atoms with Crippen LogP contribution in [0.25, 0.3) is 0 Å². The largest absolute Gasteiger partial charge is 0.464 e.